The molecule has 180 valence electrons. The standard InChI is InChI=1S/C26H32BrN5O2/c1-6-14-31(25(34)28-20-12-9-11-19(27)15-20)17-24(33)29-23-16-22(26(3,4)5)30-32(23)21-13-8-7-10-18(21)2/h7-13,15-16H,6,14,17H2,1-5H3,(H,28,34)(H,29,33). The lowest BCUT2D eigenvalue weighted by molar-refractivity contribution is -0.116. The molecule has 0 aliphatic heterocycles. The number of carbonyl (C=O) groups excluding carboxylic acids is 2. The number of para-hydroxylation sites is 1. The van der Waals surface area contributed by atoms with Crippen LogP contribution in [-0.4, -0.2) is 39.7 Å². The molecule has 0 fully saturated rings. The molecule has 7 nitrogen and oxygen atoms in total. The fourth-order valence-corrected chi connectivity index (χ4v) is 3.87. The van der Waals surface area contributed by atoms with Gasteiger partial charge in [-0.3, -0.25) is 4.79 Å². The van der Waals surface area contributed by atoms with Crippen molar-refractivity contribution in [2.45, 2.75) is 46.5 Å². The number of urea groups is 1. The number of benzene rings is 2. The highest BCUT2D eigenvalue weighted by Crippen LogP contribution is 2.27. The summed E-state index contributed by atoms with van der Waals surface area (Å²) in [6.07, 6.45) is 0.731. The van der Waals surface area contributed by atoms with E-state index < -0.39 is 0 Å². The zero-order valence-corrected chi connectivity index (χ0v) is 21.9. The molecule has 0 spiro atoms. The third-order valence-electron chi connectivity index (χ3n) is 5.28. The van der Waals surface area contributed by atoms with E-state index in [4.69, 9.17) is 5.10 Å². The SMILES string of the molecule is CCCN(CC(=O)Nc1cc(C(C)(C)C)nn1-c1ccccc1C)C(=O)Nc1cccc(Br)c1. The third kappa shape index (κ3) is 6.47. The zero-order valence-electron chi connectivity index (χ0n) is 20.4. The van der Waals surface area contributed by atoms with Crippen LogP contribution in [0.25, 0.3) is 5.69 Å². The van der Waals surface area contributed by atoms with Crippen molar-refractivity contribution in [3.63, 3.8) is 0 Å². The number of anilines is 2. The van der Waals surface area contributed by atoms with Crippen LogP contribution < -0.4 is 10.6 Å². The van der Waals surface area contributed by atoms with Gasteiger partial charge in [0.25, 0.3) is 0 Å². The van der Waals surface area contributed by atoms with E-state index in [1.54, 1.807) is 4.68 Å². The van der Waals surface area contributed by atoms with Crippen LogP contribution in [0.4, 0.5) is 16.3 Å². The van der Waals surface area contributed by atoms with Crippen molar-refractivity contribution < 1.29 is 9.59 Å². The lowest BCUT2D eigenvalue weighted by Crippen LogP contribution is -2.41. The molecule has 0 atom stereocenters. The maximum atomic E-state index is 13.1. The molecule has 0 unspecified atom stereocenters. The van der Waals surface area contributed by atoms with E-state index in [2.05, 4.69) is 47.3 Å². The minimum Gasteiger partial charge on any atom is -0.315 e. The van der Waals surface area contributed by atoms with Gasteiger partial charge in [-0.15, -0.1) is 0 Å². The highest BCUT2D eigenvalue weighted by Gasteiger charge is 2.23. The highest BCUT2D eigenvalue weighted by atomic mass is 79.9. The fraction of sp³-hybridized carbons (Fsp3) is 0.346. The number of nitrogens with zero attached hydrogens (tertiary/aromatic N) is 3. The summed E-state index contributed by atoms with van der Waals surface area (Å²) in [6, 6.07) is 16.8. The van der Waals surface area contributed by atoms with Crippen LogP contribution in [0.2, 0.25) is 0 Å². The predicted octanol–water partition coefficient (Wildman–Crippen LogP) is 6.12. The topological polar surface area (TPSA) is 79.3 Å². The van der Waals surface area contributed by atoms with E-state index in [1.807, 2.05) is 68.4 Å². The van der Waals surface area contributed by atoms with E-state index in [0.717, 1.165) is 27.8 Å². The normalized spacial score (nSPS) is 11.2. The Labute approximate surface area is 209 Å². The van der Waals surface area contributed by atoms with Crippen LogP contribution >= 0.6 is 15.9 Å². The molecule has 3 amide bonds. The Bertz CT molecular complexity index is 1170. The molecule has 0 aliphatic carbocycles. The number of rotatable bonds is 7. The maximum absolute atomic E-state index is 13.1. The fourth-order valence-electron chi connectivity index (χ4n) is 3.47. The van der Waals surface area contributed by atoms with Crippen LogP contribution in [0.15, 0.2) is 59.1 Å². The maximum Gasteiger partial charge on any atom is 0.322 e. The van der Waals surface area contributed by atoms with Gasteiger partial charge >= 0.3 is 6.03 Å². The summed E-state index contributed by atoms with van der Waals surface area (Å²) in [5, 5.41) is 10.6. The molecule has 0 radical (unpaired) electrons. The number of amides is 3. The Morgan fingerprint density at radius 1 is 1.06 bits per heavy atom. The molecule has 3 aromatic rings. The minimum absolute atomic E-state index is 0.0719. The molecule has 0 aliphatic rings. The van der Waals surface area contributed by atoms with Crippen LogP contribution in [0.3, 0.4) is 0 Å². The predicted molar refractivity (Wildman–Crippen MR) is 141 cm³/mol. The molecule has 3 rings (SSSR count). The average Bonchev–Trinajstić information content (AvgIpc) is 3.17. The lowest BCUT2D eigenvalue weighted by atomic mass is 9.92. The molecule has 0 saturated heterocycles. The summed E-state index contributed by atoms with van der Waals surface area (Å²) in [4.78, 5) is 27.4. The van der Waals surface area contributed by atoms with Crippen molar-refractivity contribution in [2.24, 2.45) is 0 Å². The Kier molecular flexibility index (Phi) is 8.15. The van der Waals surface area contributed by atoms with Gasteiger partial charge in [0.1, 0.15) is 12.4 Å². The van der Waals surface area contributed by atoms with Crippen molar-refractivity contribution in [3.8, 4) is 5.69 Å². The minimum atomic E-state index is -0.321. The second-order valence-corrected chi connectivity index (χ2v) is 10.2. The number of aromatic nitrogens is 2. The Morgan fingerprint density at radius 2 is 1.79 bits per heavy atom. The van der Waals surface area contributed by atoms with Crippen molar-refractivity contribution in [2.75, 3.05) is 23.7 Å². The van der Waals surface area contributed by atoms with Crippen LogP contribution in [0, 0.1) is 6.92 Å². The van der Waals surface area contributed by atoms with Gasteiger partial charge in [0.2, 0.25) is 5.91 Å². The molecule has 0 saturated carbocycles. The second kappa shape index (κ2) is 10.9. The number of hydrogen-bond acceptors (Lipinski definition) is 3. The summed E-state index contributed by atoms with van der Waals surface area (Å²) in [6.45, 7) is 10.6. The first-order valence-electron chi connectivity index (χ1n) is 11.4. The van der Waals surface area contributed by atoms with Crippen LogP contribution in [0.5, 0.6) is 0 Å². The van der Waals surface area contributed by atoms with E-state index >= 15 is 0 Å². The first kappa shape index (κ1) is 25.5. The molecule has 8 heteroatoms. The van der Waals surface area contributed by atoms with Gasteiger partial charge in [0, 0.05) is 28.2 Å². The number of carbonyl (C=O) groups is 2. The molecule has 34 heavy (non-hydrogen) atoms. The van der Waals surface area contributed by atoms with Crippen LogP contribution in [0.1, 0.15) is 45.4 Å². The summed E-state index contributed by atoms with van der Waals surface area (Å²) < 4.78 is 2.63. The van der Waals surface area contributed by atoms with Gasteiger partial charge in [-0.2, -0.15) is 5.10 Å². The van der Waals surface area contributed by atoms with E-state index in [-0.39, 0.29) is 23.9 Å². The molecule has 2 N–H and O–H groups in total. The van der Waals surface area contributed by atoms with Gasteiger partial charge in [-0.25, -0.2) is 9.48 Å². The van der Waals surface area contributed by atoms with Gasteiger partial charge in [-0.05, 0) is 43.2 Å². The molecular formula is C26H32BrN5O2. The summed E-state index contributed by atoms with van der Waals surface area (Å²) in [5.74, 6) is 0.293. The lowest BCUT2D eigenvalue weighted by Gasteiger charge is -2.22. The largest absolute Gasteiger partial charge is 0.322 e. The second-order valence-electron chi connectivity index (χ2n) is 9.27. The van der Waals surface area contributed by atoms with Crippen molar-refractivity contribution in [3.05, 3.63) is 70.3 Å². The Balaban J connectivity index is 1.81. The first-order valence-corrected chi connectivity index (χ1v) is 12.2. The third-order valence-corrected chi connectivity index (χ3v) is 5.77. The zero-order chi connectivity index (χ0) is 24.9. The number of nitrogens with one attached hydrogen (secondary N) is 2. The quantitative estimate of drug-likeness (QED) is 0.389. The van der Waals surface area contributed by atoms with E-state index in [9.17, 15) is 9.59 Å². The smallest absolute Gasteiger partial charge is 0.315 e. The molecule has 0 bridgehead atoms. The van der Waals surface area contributed by atoms with Crippen molar-refractivity contribution in [1.82, 2.24) is 14.7 Å². The number of aryl methyl sites for hydroxylation is 1. The molecule has 2 aromatic carbocycles. The van der Waals surface area contributed by atoms with Crippen molar-refractivity contribution in [1.29, 1.82) is 0 Å². The average molecular weight is 526 g/mol. The summed E-state index contributed by atoms with van der Waals surface area (Å²) in [5.41, 5.74) is 3.27. The molecular weight excluding hydrogens is 494 g/mol. The van der Waals surface area contributed by atoms with Gasteiger partial charge in [0.05, 0.1) is 11.4 Å². The number of halogens is 1. The van der Waals surface area contributed by atoms with Gasteiger partial charge in [-0.1, -0.05) is 67.9 Å². The van der Waals surface area contributed by atoms with E-state index in [1.165, 1.54) is 4.90 Å². The highest BCUT2D eigenvalue weighted by molar-refractivity contribution is 9.10. The Morgan fingerprint density at radius 3 is 2.44 bits per heavy atom. The van der Waals surface area contributed by atoms with Gasteiger partial charge < -0.3 is 15.5 Å². The summed E-state index contributed by atoms with van der Waals surface area (Å²) in [7, 11) is 0. The first-order chi connectivity index (χ1) is 16.1. The molecule has 1 heterocycles. The summed E-state index contributed by atoms with van der Waals surface area (Å²) >= 11 is 3.41. The monoisotopic (exact) mass is 525 g/mol. The van der Waals surface area contributed by atoms with Crippen molar-refractivity contribution >= 4 is 39.4 Å². The molecule has 1 aromatic heterocycles. The van der Waals surface area contributed by atoms with Gasteiger partial charge in [0.15, 0.2) is 0 Å². The Hall–Kier alpha value is -3.13. The number of hydrogen-bond donors (Lipinski definition) is 2. The van der Waals surface area contributed by atoms with E-state index in [0.29, 0.717) is 18.1 Å². The van der Waals surface area contributed by atoms with Crippen LogP contribution in [-0.2, 0) is 10.2 Å².